The first-order chi connectivity index (χ1) is 11.7. The minimum atomic E-state index is 0.612. The van der Waals surface area contributed by atoms with Gasteiger partial charge < -0.3 is 9.42 Å². The number of hydrogen-bond acceptors (Lipinski definition) is 5. The van der Waals surface area contributed by atoms with Crippen molar-refractivity contribution in [2.75, 3.05) is 19.6 Å². The second-order valence-corrected chi connectivity index (χ2v) is 7.27. The zero-order valence-electron chi connectivity index (χ0n) is 14.6. The molecule has 0 spiro atoms. The van der Waals surface area contributed by atoms with Crippen LogP contribution in [0.5, 0.6) is 0 Å². The van der Waals surface area contributed by atoms with E-state index in [0.717, 1.165) is 30.5 Å². The fourth-order valence-electron chi connectivity index (χ4n) is 4.29. The van der Waals surface area contributed by atoms with E-state index in [1.807, 2.05) is 32.3 Å². The summed E-state index contributed by atoms with van der Waals surface area (Å²) in [6.45, 7) is 9.64. The van der Waals surface area contributed by atoms with Crippen LogP contribution in [0, 0.1) is 19.8 Å². The van der Waals surface area contributed by atoms with E-state index < -0.39 is 0 Å². The second kappa shape index (κ2) is 6.65. The van der Waals surface area contributed by atoms with E-state index in [-0.39, 0.29) is 0 Å². The van der Waals surface area contributed by atoms with Crippen molar-refractivity contribution in [3.63, 3.8) is 0 Å². The Balaban J connectivity index is 1.59. The lowest BCUT2D eigenvalue weighted by Gasteiger charge is -2.49. The molecular formula is C19H26N4O. The molecule has 2 aromatic rings. The smallest absolute Gasteiger partial charge is 0.138 e. The number of pyridine rings is 1. The molecule has 3 aliphatic heterocycles. The van der Waals surface area contributed by atoms with Gasteiger partial charge in [0.15, 0.2) is 0 Å². The number of hydrogen-bond donors (Lipinski definition) is 0. The monoisotopic (exact) mass is 326 g/mol. The largest absolute Gasteiger partial charge is 0.361 e. The Morgan fingerprint density at radius 3 is 2.67 bits per heavy atom. The van der Waals surface area contributed by atoms with Crippen molar-refractivity contribution in [2.45, 2.75) is 45.8 Å². The molecule has 0 unspecified atom stereocenters. The fraction of sp³-hybridized carbons (Fsp3) is 0.579. The molecule has 3 aliphatic rings. The third kappa shape index (κ3) is 3.10. The minimum Gasteiger partial charge on any atom is -0.361 e. The summed E-state index contributed by atoms with van der Waals surface area (Å²) in [5, 5.41) is 4.14. The van der Waals surface area contributed by atoms with Gasteiger partial charge in [-0.1, -0.05) is 11.2 Å². The lowest BCUT2D eigenvalue weighted by atomic mass is 9.82. The average Bonchev–Trinajstić information content (AvgIpc) is 2.95. The molecule has 3 fully saturated rings. The first-order valence-corrected chi connectivity index (χ1v) is 8.98. The van der Waals surface area contributed by atoms with Crippen molar-refractivity contribution >= 4 is 0 Å². The Labute approximate surface area is 143 Å². The number of aryl methyl sites for hydroxylation is 2. The molecule has 0 N–H and O–H groups in total. The molecule has 1 atom stereocenters. The predicted molar refractivity (Wildman–Crippen MR) is 92.4 cm³/mol. The lowest BCUT2D eigenvalue weighted by molar-refractivity contribution is -0.00287. The molecule has 5 nitrogen and oxygen atoms in total. The van der Waals surface area contributed by atoms with Crippen molar-refractivity contribution in [1.29, 1.82) is 0 Å². The highest BCUT2D eigenvalue weighted by molar-refractivity contribution is 5.21. The Kier molecular flexibility index (Phi) is 4.37. The summed E-state index contributed by atoms with van der Waals surface area (Å²) in [6.07, 6.45) is 6.49. The molecule has 0 radical (unpaired) electrons. The highest BCUT2D eigenvalue weighted by Crippen LogP contribution is 2.33. The van der Waals surface area contributed by atoms with E-state index in [4.69, 9.17) is 4.52 Å². The number of aromatic nitrogens is 2. The van der Waals surface area contributed by atoms with Crippen LogP contribution in [-0.2, 0) is 13.1 Å². The average molecular weight is 326 g/mol. The molecule has 0 amide bonds. The second-order valence-electron chi connectivity index (χ2n) is 7.27. The van der Waals surface area contributed by atoms with Gasteiger partial charge in [0.2, 0.25) is 0 Å². The maximum atomic E-state index is 5.40. The van der Waals surface area contributed by atoms with Gasteiger partial charge in [0.25, 0.3) is 0 Å². The standard InChI is InChI=1S/C19H26N4O/c1-14-18(15(2)24-21-14)12-23(11-16-4-3-7-20-10-16)19-13-22-8-5-17(19)6-9-22/h3-4,7,10,17,19H,5-6,8-9,11-13H2,1-2H3/t19-/m1/s1. The van der Waals surface area contributed by atoms with Crippen LogP contribution in [0.3, 0.4) is 0 Å². The maximum Gasteiger partial charge on any atom is 0.138 e. The summed E-state index contributed by atoms with van der Waals surface area (Å²) in [5.41, 5.74) is 3.54. The summed E-state index contributed by atoms with van der Waals surface area (Å²) in [7, 11) is 0. The van der Waals surface area contributed by atoms with E-state index in [2.05, 4.69) is 26.0 Å². The molecule has 0 aliphatic carbocycles. The normalized spacial score (nSPS) is 26.2. The maximum absolute atomic E-state index is 5.40. The van der Waals surface area contributed by atoms with E-state index in [1.165, 1.54) is 43.6 Å². The predicted octanol–water partition coefficient (Wildman–Crippen LogP) is 2.78. The van der Waals surface area contributed by atoms with Crippen LogP contribution in [0.1, 0.15) is 35.4 Å². The lowest BCUT2D eigenvalue weighted by Crippen LogP contribution is -2.56. The highest BCUT2D eigenvalue weighted by Gasteiger charge is 2.37. The molecule has 0 saturated carbocycles. The Hall–Kier alpha value is -1.72. The zero-order chi connectivity index (χ0) is 16.5. The molecule has 3 saturated heterocycles. The van der Waals surface area contributed by atoms with Crippen LogP contribution in [0.4, 0.5) is 0 Å². The molecule has 0 aromatic carbocycles. The quantitative estimate of drug-likeness (QED) is 0.845. The minimum absolute atomic E-state index is 0.612. The van der Waals surface area contributed by atoms with Crippen molar-refractivity contribution in [1.82, 2.24) is 19.9 Å². The Bertz CT molecular complexity index is 656. The van der Waals surface area contributed by atoms with Crippen molar-refractivity contribution < 1.29 is 4.52 Å². The summed E-state index contributed by atoms with van der Waals surface area (Å²) in [6, 6.07) is 4.82. The number of piperidine rings is 3. The van der Waals surface area contributed by atoms with Gasteiger partial charge in [0.1, 0.15) is 5.76 Å². The molecule has 5 rings (SSSR count). The zero-order valence-corrected chi connectivity index (χ0v) is 14.6. The van der Waals surface area contributed by atoms with Gasteiger partial charge in [-0.15, -0.1) is 0 Å². The van der Waals surface area contributed by atoms with Crippen LogP contribution in [0.15, 0.2) is 29.0 Å². The third-order valence-corrected chi connectivity index (χ3v) is 5.74. The number of nitrogens with zero attached hydrogens (tertiary/aromatic N) is 4. The molecule has 24 heavy (non-hydrogen) atoms. The van der Waals surface area contributed by atoms with Gasteiger partial charge in [-0.05, 0) is 57.3 Å². The molecule has 128 valence electrons. The van der Waals surface area contributed by atoms with Gasteiger partial charge >= 0.3 is 0 Å². The summed E-state index contributed by atoms with van der Waals surface area (Å²) in [5.74, 6) is 1.76. The van der Waals surface area contributed by atoms with E-state index >= 15 is 0 Å². The van der Waals surface area contributed by atoms with Crippen LogP contribution in [0.25, 0.3) is 0 Å². The topological polar surface area (TPSA) is 45.4 Å². The fourth-order valence-corrected chi connectivity index (χ4v) is 4.29. The summed E-state index contributed by atoms with van der Waals surface area (Å²) < 4.78 is 5.40. The Morgan fingerprint density at radius 1 is 1.25 bits per heavy atom. The highest BCUT2D eigenvalue weighted by atomic mass is 16.5. The van der Waals surface area contributed by atoms with Crippen LogP contribution >= 0.6 is 0 Å². The molecule has 2 bridgehead atoms. The summed E-state index contributed by atoms with van der Waals surface area (Å²) in [4.78, 5) is 9.54. The Morgan fingerprint density at radius 2 is 2.08 bits per heavy atom. The van der Waals surface area contributed by atoms with Gasteiger partial charge in [0, 0.05) is 43.6 Å². The van der Waals surface area contributed by atoms with Crippen molar-refractivity contribution in [2.24, 2.45) is 5.92 Å². The third-order valence-electron chi connectivity index (χ3n) is 5.74. The molecule has 5 heteroatoms. The van der Waals surface area contributed by atoms with E-state index in [1.54, 1.807) is 0 Å². The van der Waals surface area contributed by atoms with Crippen LogP contribution in [0.2, 0.25) is 0 Å². The first kappa shape index (κ1) is 15.8. The van der Waals surface area contributed by atoms with Gasteiger partial charge in [-0.25, -0.2) is 0 Å². The van der Waals surface area contributed by atoms with Crippen molar-refractivity contribution in [3.05, 3.63) is 47.1 Å². The van der Waals surface area contributed by atoms with Gasteiger partial charge in [-0.2, -0.15) is 0 Å². The molecule has 5 heterocycles. The van der Waals surface area contributed by atoms with Crippen LogP contribution < -0.4 is 0 Å². The van der Waals surface area contributed by atoms with Crippen molar-refractivity contribution in [3.8, 4) is 0 Å². The molecular weight excluding hydrogens is 300 g/mol. The number of fused-ring (bicyclic) bond motifs is 3. The SMILES string of the molecule is Cc1noc(C)c1CN(Cc1cccnc1)[C@@H]1CN2CCC1CC2. The van der Waals surface area contributed by atoms with E-state index in [9.17, 15) is 0 Å². The van der Waals surface area contributed by atoms with Gasteiger partial charge in [-0.3, -0.25) is 9.88 Å². The van der Waals surface area contributed by atoms with E-state index in [0.29, 0.717) is 6.04 Å². The first-order valence-electron chi connectivity index (χ1n) is 8.98. The number of rotatable bonds is 5. The molecule has 2 aromatic heterocycles. The van der Waals surface area contributed by atoms with Crippen LogP contribution in [-0.4, -0.2) is 45.6 Å². The van der Waals surface area contributed by atoms with Gasteiger partial charge in [0.05, 0.1) is 5.69 Å². The summed E-state index contributed by atoms with van der Waals surface area (Å²) >= 11 is 0.